The molecule has 0 spiro atoms. The quantitative estimate of drug-likeness (QED) is 0.943. The van der Waals surface area contributed by atoms with Gasteiger partial charge in [-0.25, -0.2) is 13.4 Å². The molecule has 94 valence electrons. The first-order valence-electron chi connectivity index (χ1n) is 5.19. The smallest absolute Gasteiger partial charge is 0.263 e. The first-order chi connectivity index (χ1) is 8.49. The number of nitrogens with zero attached hydrogens (tertiary/aromatic N) is 1. The molecule has 4 nitrogen and oxygen atoms in total. The molecule has 0 atom stereocenters. The van der Waals surface area contributed by atoms with E-state index in [2.05, 4.69) is 25.6 Å². The molecule has 1 aromatic carbocycles. The minimum absolute atomic E-state index is 0.204. The summed E-state index contributed by atoms with van der Waals surface area (Å²) >= 11 is 3.26. The van der Waals surface area contributed by atoms with Crippen LogP contribution < -0.4 is 4.72 Å². The Morgan fingerprint density at radius 1 is 1.17 bits per heavy atom. The number of sulfonamides is 1. The highest BCUT2D eigenvalue weighted by Crippen LogP contribution is 2.18. The van der Waals surface area contributed by atoms with E-state index >= 15 is 0 Å². The lowest BCUT2D eigenvalue weighted by molar-refractivity contribution is 0.601. The van der Waals surface area contributed by atoms with Crippen LogP contribution in [0, 0.1) is 6.92 Å². The number of benzene rings is 1. The highest BCUT2D eigenvalue weighted by atomic mass is 79.9. The Bertz CT molecular complexity index is 654. The van der Waals surface area contributed by atoms with Gasteiger partial charge in [0, 0.05) is 10.7 Å². The lowest BCUT2D eigenvalue weighted by Gasteiger charge is -2.09. The van der Waals surface area contributed by atoms with Gasteiger partial charge in [-0.15, -0.1) is 0 Å². The number of nitrogens with one attached hydrogen (secondary N) is 1. The van der Waals surface area contributed by atoms with Crippen LogP contribution in [-0.2, 0) is 10.0 Å². The first kappa shape index (κ1) is 13.0. The molecule has 0 amide bonds. The molecule has 1 aromatic heterocycles. The van der Waals surface area contributed by atoms with Gasteiger partial charge in [-0.2, -0.15) is 0 Å². The molecule has 0 fully saturated rings. The van der Waals surface area contributed by atoms with Crippen molar-refractivity contribution in [3.8, 4) is 0 Å². The zero-order chi connectivity index (χ0) is 13.2. The van der Waals surface area contributed by atoms with Gasteiger partial charge in [0.1, 0.15) is 5.82 Å². The van der Waals surface area contributed by atoms with Gasteiger partial charge >= 0.3 is 0 Å². The van der Waals surface area contributed by atoms with Crippen molar-refractivity contribution >= 4 is 31.8 Å². The van der Waals surface area contributed by atoms with E-state index < -0.39 is 10.0 Å². The number of anilines is 1. The monoisotopic (exact) mass is 326 g/mol. The van der Waals surface area contributed by atoms with Gasteiger partial charge < -0.3 is 0 Å². The standard InChI is InChI=1S/C12H11BrN2O2S/c1-9-3-2-8-14-12(9)15-18(16,17)11-6-4-10(13)5-7-11/h2-8H,1H3,(H,14,15). The number of hydrogen-bond donors (Lipinski definition) is 1. The van der Waals surface area contributed by atoms with Gasteiger partial charge in [0.05, 0.1) is 4.90 Å². The molecular formula is C12H11BrN2O2S. The Hall–Kier alpha value is -1.40. The highest BCUT2D eigenvalue weighted by Gasteiger charge is 2.15. The summed E-state index contributed by atoms with van der Waals surface area (Å²) < 4.78 is 27.5. The highest BCUT2D eigenvalue weighted by molar-refractivity contribution is 9.10. The minimum atomic E-state index is -3.59. The molecule has 0 bridgehead atoms. The Labute approximate surface area is 114 Å². The largest absolute Gasteiger partial charge is 0.263 e. The van der Waals surface area contributed by atoms with E-state index in [1.807, 2.05) is 0 Å². The zero-order valence-electron chi connectivity index (χ0n) is 9.59. The summed E-state index contributed by atoms with van der Waals surface area (Å²) in [5.41, 5.74) is 0.776. The van der Waals surface area contributed by atoms with Gasteiger partial charge in [-0.05, 0) is 42.8 Å². The van der Waals surface area contributed by atoms with Crippen molar-refractivity contribution in [2.45, 2.75) is 11.8 Å². The summed E-state index contributed by atoms with van der Waals surface area (Å²) in [6.45, 7) is 1.80. The number of hydrogen-bond acceptors (Lipinski definition) is 3. The average molecular weight is 327 g/mol. The van der Waals surface area contributed by atoms with Gasteiger partial charge in [-0.3, -0.25) is 4.72 Å². The van der Waals surface area contributed by atoms with E-state index in [9.17, 15) is 8.42 Å². The number of rotatable bonds is 3. The van der Waals surface area contributed by atoms with Crippen molar-refractivity contribution in [3.63, 3.8) is 0 Å². The molecule has 2 rings (SSSR count). The van der Waals surface area contributed by atoms with E-state index in [0.29, 0.717) is 5.82 Å². The number of aromatic nitrogens is 1. The van der Waals surface area contributed by atoms with Crippen LogP contribution in [0.3, 0.4) is 0 Å². The molecule has 0 saturated carbocycles. The van der Waals surface area contributed by atoms with Crippen molar-refractivity contribution in [2.24, 2.45) is 0 Å². The Morgan fingerprint density at radius 2 is 1.83 bits per heavy atom. The molecule has 0 unspecified atom stereocenters. The Kier molecular flexibility index (Phi) is 3.68. The van der Waals surface area contributed by atoms with Gasteiger partial charge in [-0.1, -0.05) is 22.0 Å². The van der Waals surface area contributed by atoms with Gasteiger partial charge in [0.25, 0.3) is 10.0 Å². The molecule has 0 aliphatic heterocycles. The number of aryl methyl sites for hydroxylation is 1. The van der Waals surface area contributed by atoms with E-state index in [1.165, 1.54) is 12.1 Å². The van der Waals surface area contributed by atoms with Crippen LogP contribution >= 0.6 is 15.9 Å². The summed E-state index contributed by atoms with van der Waals surface area (Å²) in [5.74, 6) is 0.348. The summed E-state index contributed by atoms with van der Waals surface area (Å²) in [4.78, 5) is 4.21. The molecule has 1 heterocycles. The van der Waals surface area contributed by atoms with Gasteiger partial charge in [0.15, 0.2) is 0 Å². The van der Waals surface area contributed by atoms with Crippen molar-refractivity contribution in [1.29, 1.82) is 0 Å². The summed E-state index contributed by atoms with van der Waals surface area (Å²) in [5, 5.41) is 0. The third-order valence-electron chi connectivity index (χ3n) is 2.36. The number of pyridine rings is 1. The molecule has 0 aliphatic carbocycles. The van der Waals surface area contributed by atoms with Gasteiger partial charge in [0.2, 0.25) is 0 Å². The maximum Gasteiger partial charge on any atom is 0.263 e. The lowest BCUT2D eigenvalue weighted by Crippen LogP contribution is -2.14. The van der Waals surface area contributed by atoms with Crippen LogP contribution in [0.25, 0.3) is 0 Å². The second-order valence-electron chi connectivity index (χ2n) is 3.73. The topological polar surface area (TPSA) is 59.1 Å². The molecule has 6 heteroatoms. The predicted octanol–water partition coefficient (Wildman–Crippen LogP) is 2.95. The molecule has 0 saturated heterocycles. The zero-order valence-corrected chi connectivity index (χ0v) is 12.0. The molecular weight excluding hydrogens is 316 g/mol. The second kappa shape index (κ2) is 5.07. The molecule has 18 heavy (non-hydrogen) atoms. The van der Waals surface area contributed by atoms with E-state index in [0.717, 1.165) is 10.0 Å². The maximum atomic E-state index is 12.1. The average Bonchev–Trinajstić information content (AvgIpc) is 2.32. The van der Waals surface area contributed by atoms with Crippen LogP contribution in [0.4, 0.5) is 5.82 Å². The van der Waals surface area contributed by atoms with Crippen LogP contribution in [0.1, 0.15) is 5.56 Å². The van der Waals surface area contributed by atoms with Crippen LogP contribution in [0.5, 0.6) is 0 Å². The normalized spacial score (nSPS) is 11.2. The fraction of sp³-hybridized carbons (Fsp3) is 0.0833. The van der Waals surface area contributed by atoms with Crippen LogP contribution in [0.2, 0.25) is 0 Å². The fourth-order valence-corrected chi connectivity index (χ4v) is 2.74. The third-order valence-corrected chi connectivity index (χ3v) is 4.25. The predicted molar refractivity (Wildman–Crippen MR) is 73.9 cm³/mol. The summed E-state index contributed by atoms with van der Waals surface area (Å²) in [6.07, 6.45) is 1.55. The SMILES string of the molecule is Cc1cccnc1NS(=O)(=O)c1ccc(Br)cc1. The van der Waals surface area contributed by atoms with Crippen LogP contribution in [0.15, 0.2) is 52.0 Å². The lowest BCUT2D eigenvalue weighted by atomic mass is 10.3. The van der Waals surface area contributed by atoms with Crippen molar-refractivity contribution in [3.05, 3.63) is 52.6 Å². The van der Waals surface area contributed by atoms with Crippen molar-refractivity contribution < 1.29 is 8.42 Å². The summed E-state index contributed by atoms with van der Waals surface area (Å²) in [7, 11) is -3.59. The third kappa shape index (κ3) is 2.88. The van der Waals surface area contributed by atoms with Crippen molar-refractivity contribution in [2.75, 3.05) is 4.72 Å². The Morgan fingerprint density at radius 3 is 2.44 bits per heavy atom. The minimum Gasteiger partial charge on any atom is -0.263 e. The van der Waals surface area contributed by atoms with E-state index in [-0.39, 0.29) is 4.90 Å². The summed E-state index contributed by atoms with van der Waals surface area (Å²) in [6, 6.07) is 9.98. The number of halogens is 1. The van der Waals surface area contributed by atoms with E-state index in [4.69, 9.17) is 0 Å². The molecule has 0 radical (unpaired) electrons. The maximum absolute atomic E-state index is 12.1. The molecule has 1 N–H and O–H groups in total. The fourth-order valence-electron chi connectivity index (χ4n) is 1.39. The van der Waals surface area contributed by atoms with Crippen molar-refractivity contribution in [1.82, 2.24) is 4.98 Å². The Balaban J connectivity index is 2.33. The molecule has 2 aromatic rings. The van der Waals surface area contributed by atoms with E-state index in [1.54, 1.807) is 37.4 Å². The second-order valence-corrected chi connectivity index (χ2v) is 6.33. The van der Waals surface area contributed by atoms with Crippen LogP contribution in [-0.4, -0.2) is 13.4 Å². The molecule has 0 aliphatic rings. The first-order valence-corrected chi connectivity index (χ1v) is 7.47.